The molecule has 2 heterocycles. The third kappa shape index (κ3) is 3.50. The first-order chi connectivity index (χ1) is 13.1. The summed E-state index contributed by atoms with van der Waals surface area (Å²) in [6, 6.07) is 16.6. The lowest BCUT2D eigenvalue weighted by molar-refractivity contribution is 0.102. The van der Waals surface area contributed by atoms with Crippen molar-refractivity contribution in [3.63, 3.8) is 0 Å². The lowest BCUT2D eigenvalue weighted by Crippen LogP contribution is -2.12. The number of methoxy groups -OCH3 is 1. The minimum atomic E-state index is -0.257. The minimum absolute atomic E-state index is 0.257. The van der Waals surface area contributed by atoms with E-state index in [1.54, 1.807) is 30.3 Å². The molecule has 0 atom stereocenters. The molecule has 6 nitrogen and oxygen atoms in total. The lowest BCUT2D eigenvalue weighted by Gasteiger charge is -2.05. The van der Waals surface area contributed by atoms with E-state index in [1.165, 1.54) is 13.3 Å². The van der Waals surface area contributed by atoms with Crippen molar-refractivity contribution in [1.29, 1.82) is 0 Å². The van der Waals surface area contributed by atoms with Crippen LogP contribution in [0.25, 0.3) is 22.6 Å². The van der Waals surface area contributed by atoms with Gasteiger partial charge in [0.25, 0.3) is 5.91 Å². The number of fused-ring (bicyclic) bond motifs is 1. The van der Waals surface area contributed by atoms with Gasteiger partial charge in [0.05, 0.1) is 12.7 Å². The van der Waals surface area contributed by atoms with Crippen LogP contribution in [0.5, 0.6) is 5.88 Å². The predicted molar refractivity (Wildman–Crippen MR) is 103 cm³/mol. The van der Waals surface area contributed by atoms with E-state index in [-0.39, 0.29) is 5.91 Å². The molecule has 0 bridgehead atoms. The Morgan fingerprint density at radius 1 is 1.11 bits per heavy atom. The highest BCUT2D eigenvalue weighted by atomic mass is 16.5. The largest absolute Gasteiger partial charge is 0.481 e. The van der Waals surface area contributed by atoms with Gasteiger partial charge in [0.1, 0.15) is 5.52 Å². The quantitative estimate of drug-likeness (QED) is 0.582. The third-order valence-electron chi connectivity index (χ3n) is 4.12. The van der Waals surface area contributed by atoms with Crippen molar-refractivity contribution >= 4 is 22.7 Å². The second-order valence-electron chi connectivity index (χ2n) is 6.11. The Morgan fingerprint density at radius 3 is 2.74 bits per heavy atom. The molecule has 1 N–H and O–H groups in total. The van der Waals surface area contributed by atoms with Crippen LogP contribution in [0.2, 0.25) is 0 Å². The summed E-state index contributed by atoms with van der Waals surface area (Å²) in [7, 11) is 1.53. The van der Waals surface area contributed by atoms with Crippen molar-refractivity contribution in [2.24, 2.45) is 0 Å². The maximum Gasteiger partial charge on any atom is 0.257 e. The van der Waals surface area contributed by atoms with Gasteiger partial charge in [-0.05, 0) is 43.3 Å². The van der Waals surface area contributed by atoms with Crippen molar-refractivity contribution in [2.45, 2.75) is 6.92 Å². The van der Waals surface area contributed by atoms with E-state index in [0.717, 1.165) is 11.1 Å². The zero-order chi connectivity index (χ0) is 18.8. The Hall–Kier alpha value is -3.67. The Morgan fingerprint density at radius 2 is 2.00 bits per heavy atom. The summed E-state index contributed by atoms with van der Waals surface area (Å²) in [6.07, 6.45) is 1.47. The Labute approximate surface area is 155 Å². The van der Waals surface area contributed by atoms with Crippen molar-refractivity contribution < 1.29 is 13.9 Å². The molecule has 0 radical (unpaired) electrons. The molecular weight excluding hydrogens is 342 g/mol. The molecule has 2 aromatic carbocycles. The molecule has 4 aromatic rings. The molecule has 27 heavy (non-hydrogen) atoms. The van der Waals surface area contributed by atoms with E-state index >= 15 is 0 Å². The monoisotopic (exact) mass is 359 g/mol. The van der Waals surface area contributed by atoms with Crippen molar-refractivity contribution in [3.05, 3.63) is 71.9 Å². The van der Waals surface area contributed by atoms with Crippen LogP contribution in [0, 0.1) is 6.92 Å². The number of carbonyl (C=O) groups is 1. The zero-order valence-corrected chi connectivity index (χ0v) is 14.9. The number of hydrogen-bond donors (Lipinski definition) is 1. The number of amides is 1. The van der Waals surface area contributed by atoms with Crippen LogP contribution in [-0.4, -0.2) is 23.0 Å². The summed E-state index contributed by atoms with van der Waals surface area (Å²) in [4.78, 5) is 21.0. The number of aryl methyl sites for hydroxylation is 1. The van der Waals surface area contributed by atoms with E-state index in [4.69, 9.17) is 9.15 Å². The number of oxazole rings is 1. The van der Waals surface area contributed by atoms with Crippen LogP contribution in [0.15, 0.2) is 65.2 Å². The highest BCUT2D eigenvalue weighted by Gasteiger charge is 2.11. The minimum Gasteiger partial charge on any atom is -0.481 e. The summed E-state index contributed by atoms with van der Waals surface area (Å²) < 4.78 is 10.8. The van der Waals surface area contributed by atoms with Gasteiger partial charge in [-0.1, -0.05) is 17.7 Å². The van der Waals surface area contributed by atoms with Crippen LogP contribution in [-0.2, 0) is 0 Å². The second-order valence-corrected chi connectivity index (χ2v) is 6.11. The van der Waals surface area contributed by atoms with E-state index < -0.39 is 0 Å². The summed E-state index contributed by atoms with van der Waals surface area (Å²) in [5, 5.41) is 2.84. The van der Waals surface area contributed by atoms with Crippen molar-refractivity contribution in [2.75, 3.05) is 12.4 Å². The molecule has 0 unspecified atom stereocenters. The van der Waals surface area contributed by atoms with Gasteiger partial charge < -0.3 is 14.5 Å². The molecule has 0 saturated heterocycles. The van der Waals surface area contributed by atoms with Gasteiger partial charge >= 0.3 is 0 Å². The average molecular weight is 359 g/mol. The SMILES string of the molecule is COc1ccc(C(=O)Nc2ccc3oc(-c4cccc(C)c4)nc3c2)cn1. The highest BCUT2D eigenvalue weighted by molar-refractivity contribution is 6.04. The lowest BCUT2D eigenvalue weighted by atomic mass is 10.1. The van der Waals surface area contributed by atoms with Crippen molar-refractivity contribution in [1.82, 2.24) is 9.97 Å². The molecular formula is C21H17N3O3. The number of anilines is 1. The van der Waals surface area contributed by atoms with E-state index in [2.05, 4.69) is 15.3 Å². The van der Waals surface area contributed by atoms with Crippen LogP contribution in [0.1, 0.15) is 15.9 Å². The van der Waals surface area contributed by atoms with E-state index in [0.29, 0.717) is 34.1 Å². The number of nitrogens with one attached hydrogen (secondary N) is 1. The first kappa shape index (κ1) is 16.8. The zero-order valence-electron chi connectivity index (χ0n) is 14.9. The molecule has 0 aliphatic heterocycles. The number of rotatable bonds is 4. The first-order valence-electron chi connectivity index (χ1n) is 8.41. The first-order valence-corrected chi connectivity index (χ1v) is 8.41. The Kier molecular flexibility index (Phi) is 4.30. The number of hydrogen-bond acceptors (Lipinski definition) is 5. The van der Waals surface area contributed by atoms with Gasteiger partial charge in [-0.3, -0.25) is 4.79 Å². The standard InChI is InChI=1S/C21H17N3O3/c1-13-4-3-5-14(10-13)21-24-17-11-16(7-8-18(17)27-21)23-20(25)15-6-9-19(26-2)22-12-15/h3-12H,1-2H3,(H,23,25). The number of nitrogens with zero attached hydrogens (tertiary/aromatic N) is 2. The molecule has 134 valence electrons. The van der Waals surface area contributed by atoms with Crippen LogP contribution in [0.3, 0.4) is 0 Å². The number of pyridine rings is 1. The number of carbonyl (C=O) groups excluding carboxylic acids is 1. The summed E-state index contributed by atoms with van der Waals surface area (Å²) >= 11 is 0. The second kappa shape index (κ2) is 6.92. The summed E-state index contributed by atoms with van der Waals surface area (Å²) in [6.45, 7) is 2.02. The van der Waals surface area contributed by atoms with Gasteiger partial charge in [0.15, 0.2) is 5.58 Å². The number of benzene rings is 2. The van der Waals surface area contributed by atoms with Crippen molar-refractivity contribution in [3.8, 4) is 17.3 Å². The summed E-state index contributed by atoms with van der Waals surface area (Å²) in [5.74, 6) is 0.752. The van der Waals surface area contributed by atoms with Gasteiger partial charge in [0, 0.05) is 23.5 Å². The fraction of sp³-hybridized carbons (Fsp3) is 0.0952. The molecule has 6 heteroatoms. The Bertz CT molecular complexity index is 1120. The molecule has 1 amide bonds. The fourth-order valence-corrected chi connectivity index (χ4v) is 2.75. The molecule has 0 saturated carbocycles. The fourth-order valence-electron chi connectivity index (χ4n) is 2.75. The van der Waals surface area contributed by atoms with Gasteiger partial charge in [-0.15, -0.1) is 0 Å². The van der Waals surface area contributed by atoms with Gasteiger partial charge in [-0.2, -0.15) is 0 Å². The molecule has 0 aliphatic carbocycles. The number of ether oxygens (including phenoxy) is 1. The van der Waals surface area contributed by atoms with E-state index in [1.807, 2.05) is 31.2 Å². The molecule has 4 rings (SSSR count). The van der Waals surface area contributed by atoms with Crippen LogP contribution in [0.4, 0.5) is 5.69 Å². The average Bonchev–Trinajstić information content (AvgIpc) is 3.11. The normalized spacial score (nSPS) is 10.7. The van der Waals surface area contributed by atoms with E-state index in [9.17, 15) is 4.79 Å². The molecule has 0 spiro atoms. The Balaban J connectivity index is 1.58. The maximum atomic E-state index is 12.4. The topological polar surface area (TPSA) is 77.2 Å². The van der Waals surface area contributed by atoms with Gasteiger partial charge in [-0.25, -0.2) is 9.97 Å². The molecule has 2 aromatic heterocycles. The smallest absolute Gasteiger partial charge is 0.257 e. The highest BCUT2D eigenvalue weighted by Crippen LogP contribution is 2.27. The third-order valence-corrected chi connectivity index (χ3v) is 4.12. The van der Waals surface area contributed by atoms with Gasteiger partial charge in [0.2, 0.25) is 11.8 Å². The number of aromatic nitrogens is 2. The maximum absolute atomic E-state index is 12.4. The molecule has 0 fully saturated rings. The predicted octanol–water partition coefficient (Wildman–Crippen LogP) is 4.46. The van der Waals surface area contributed by atoms with Crippen LogP contribution < -0.4 is 10.1 Å². The summed E-state index contributed by atoms with van der Waals surface area (Å²) in [5.41, 5.74) is 4.47. The van der Waals surface area contributed by atoms with Crippen LogP contribution >= 0.6 is 0 Å². The molecule has 0 aliphatic rings.